The number of amides is 1. The molecule has 3 aromatic carbocycles. The molecule has 0 bridgehead atoms. The van der Waals surface area contributed by atoms with Crippen molar-refractivity contribution in [2.75, 3.05) is 36.5 Å². The first kappa shape index (κ1) is 19.2. The van der Waals surface area contributed by atoms with Crippen LogP contribution in [0.15, 0.2) is 54.6 Å². The maximum atomic E-state index is 14.0. The van der Waals surface area contributed by atoms with Gasteiger partial charge in [-0.2, -0.15) is 0 Å². The molecule has 0 atom stereocenters. The number of ether oxygens (including phenoxy) is 1. The van der Waals surface area contributed by atoms with Crippen molar-refractivity contribution in [2.45, 2.75) is 12.8 Å². The van der Waals surface area contributed by atoms with Crippen LogP contribution in [0.25, 0.3) is 10.8 Å². The number of nitrogens with one attached hydrogen (secondary N) is 1. The Balaban J connectivity index is 1.42. The lowest BCUT2D eigenvalue weighted by molar-refractivity contribution is -0.116. The van der Waals surface area contributed by atoms with E-state index in [1.165, 1.54) is 12.1 Å². The van der Waals surface area contributed by atoms with Gasteiger partial charge in [-0.15, -0.1) is 0 Å². The van der Waals surface area contributed by atoms with E-state index in [1.807, 2.05) is 41.3 Å². The average Bonchev–Trinajstić information content (AvgIpc) is 2.74. The van der Waals surface area contributed by atoms with Gasteiger partial charge in [0.25, 0.3) is 0 Å². The fraction of sp³-hybridized carbons (Fsp3) is 0.261. The number of fused-ring (bicyclic) bond motifs is 1. The maximum Gasteiger partial charge on any atom is 0.224 e. The molecule has 1 amide bonds. The number of nitrogens with zero attached hydrogens (tertiary/aromatic N) is 1. The van der Waals surface area contributed by atoms with Gasteiger partial charge in [-0.1, -0.05) is 36.4 Å². The van der Waals surface area contributed by atoms with Crippen molar-refractivity contribution in [3.05, 3.63) is 66.0 Å². The molecule has 1 aliphatic rings. The van der Waals surface area contributed by atoms with E-state index in [2.05, 4.69) is 5.32 Å². The quantitative estimate of drug-likeness (QED) is 0.684. The van der Waals surface area contributed by atoms with Crippen LogP contribution in [0.3, 0.4) is 0 Å². The summed E-state index contributed by atoms with van der Waals surface area (Å²) in [4.78, 5) is 14.4. The number of aryl methyl sites for hydroxylation is 1. The maximum absolute atomic E-state index is 14.0. The number of anilines is 2. The Bertz CT molecular complexity index is 1030. The minimum absolute atomic E-state index is 0.190. The zero-order valence-corrected chi connectivity index (χ0v) is 16.0. The van der Waals surface area contributed by atoms with Crippen LogP contribution in [-0.2, 0) is 16.0 Å². The third kappa shape index (κ3) is 4.49. The minimum atomic E-state index is -0.392. The molecule has 1 fully saturated rings. The molecular formula is C23H23FN2O3. The summed E-state index contributed by atoms with van der Waals surface area (Å²) in [7, 11) is 0. The van der Waals surface area contributed by atoms with Gasteiger partial charge in [0.05, 0.1) is 13.2 Å². The van der Waals surface area contributed by atoms with E-state index in [4.69, 9.17) is 4.74 Å². The van der Waals surface area contributed by atoms with E-state index in [0.29, 0.717) is 44.0 Å². The standard InChI is InChI=1S/C23H23FN2O3/c24-18-13-19(15-20(14-18)26-9-11-29-12-10-26)25-22(27)8-7-17-6-5-16-3-1-2-4-21(16)23(17)28/h1-6,13-15,28H,7-12H2,(H,25,27). The van der Waals surface area contributed by atoms with E-state index < -0.39 is 5.82 Å². The number of carbonyl (C=O) groups is 1. The van der Waals surface area contributed by atoms with Crippen LogP contribution in [0.1, 0.15) is 12.0 Å². The molecule has 3 aromatic rings. The lowest BCUT2D eigenvalue weighted by atomic mass is 10.0. The molecule has 0 saturated carbocycles. The van der Waals surface area contributed by atoms with Gasteiger partial charge < -0.3 is 20.1 Å². The minimum Gasteiger partial charge on any atom is -0.507 e. The van der Waals surface area contributed by atoms with Crippen molar-refractivity contribution in [1.82, 2.24) is 0 Å². The molecule has 5 nitrogen and oxygen atoms in total. The predicted octanol–water partition coefficient (Wildman–Crippen LogP) is 4.09. The molecule has 6 heteroatoms. The van der Waals surface area contributed by atoms with Crippen LogP contribution in [0.5, 0.6) is 5.75 Å². The fourth-order valence-corrected chi connectivity index (χ4v) is 3.62. The van der Waals surface area contributed by atoms with E-state index in [-0.39, 0.29) is 18.1 Å². The second-order valence-electron chi connectivity index (χ2n) is 7.14. The molecule has 0 radical (unpaired) electrons. The van der Waals surface area contributed by atoms with E-state index in [1.54, 1.807) is 6.07 Å². The topological polar surface area (TPSA) is 61.8 Å². The highest BCUT2D eigenvalue weighted by Crippen LogP contribution is 2.29. The highest BCUT2D eigenvalue weighted by atomic mass is 19.1. The van der Waals surface area contributed by atoms with Crippen LogP contribution < -0.4 is 10.2 Å². The molecule has 2 N–H and O–H groups in total. The Morgan fingerprint density at radius 3 is 2.72 bits per heavy atom. The summed E-state index contributed by atoms with van der Waals surface area (Å²) in [5.74, 6) is -0.413. The van der Waals surface area contributed by atoms with Crippen LogP contribution in [-0.4, -0.2) is 37.3 Å². The van der Waals surface area contributed by atoms with Gasteiger partial charge >= 0.3 is 0 Å². The van der Waals surface area contributed by atoms with Crippen molar-refractivity contribution in [3.63, 3.8) is 0 Å². The summed E-state index contributed by atoms with van der Waals surface area (Å²) in [5.41, 5.74) is 1.88. The summed E-state index contributed by atoms with van der Waals surface area (Å²) < 4.78 is 19.4. The number of carbonyl (C=O) groups excluding carboxylic acids is 1. The molecule has 1 aliphatic heterocycles. The summed E-state index contributed by atoms with van der Waals surface area (Å²) in [6, 6.07) is 15.9. The molecule has 0 aliphatic carbocycles. The third-order valence-electron chi connectivity index (χ3n) is 5.15. The Morgan fingerprint density at radius 1 is 1.10 bits per heavy atom. The zero-order valence-electron chi connectivity index (χ0n) is 16.0. The normalized spacial score (nSPS) is 14.2. The highest BCUT2D eigenvalue weighted by Gasteiger charge is 2.14. The van der Waals surface area contributed by atoms with Gasteiger partial charge in [0.1, 0.15) is 11.6 Å². The second-order valence-corrected chi connectivity index (χ2v) is 7.14. The van der Waals surface area contributed by atoms with Crippen molar-refractivity contribution >= 4 is 28.1 Å². The van der Waals surface area contributed by atoms with Crippen molar-refractivity contribution in [1.29, 1.82) is 0 Å². The molecule has 0 spiro atoms. The number of morpholine rings is 1. The van der Waals surface area contributed by atoms with Crippen LogP contribution in [0.2, 0.25) is 0 Å². The first-order valence-corrected chi connectivity index (χ1v) is 9.73. The van der Waals surface area contributed by atoms with Gasteiger partial charge in [0.15, 0.2) is 0 Å². The zero-order chi connectivity index (χ0) is 20.2. The monoisotopic (exact) mass is 394 g/mol. The van der Waals surface area contributed by atoms with Gasteiger partial charge in [0, 0.05) is 36.3 Å². The second kappa shape index (κ2) is 8.49. The number of phenolic OH excluding ortho intramolecular Hbond substituents is 1. The Hall–Kier alpha value is -3.12. The summed E-state index contributed by atoms with van der Waals surface area (Å²) >= 11 is 0. The van der Waals surface area contributed by atoms with E-state index in [9.17, 15) is 14.3 Å². The molecule has 1 heterocycles. The number of benzene rings is 3. The molecule has 0 aromatic heterocycles. The largest absolute Gasteiger partial charge is 0.507 e. The molecule has 29 heavy (non-hydrogen) atoms. The average molecular weight is 394 g/mol. The number of aromatic hydroxyl groups is 1. The van der Waals surface area contributed by atoms with Crippen LogP contribution in [0, 0.1) is 5.82 Å². The molecule has 150 valence electrons. The van der Waals surface area contributed by atoms with Gasteiger partial charge in [-0.25, -0.2) is 4.39 Å². The van der Waals surface area contributed by atoms with Gasteiger partial charge in [0.2, 0.25) is 5.91 Å². The molecule has 0 unspecified atom stereocenters. The predicted molar refractivity (Wildman–Crippen MR) is 112 cm³/mol. The lowest BCUT2D eigenvalue weighted by Crippen LogP contribution is -2.36. The lowest BCUT2D eigenvalue weighted by Gasteiger charge is -2.29. The Labute approximate surface area is 168 Å². The SMILES string of the molecule is O=C(CCc1ccc2ccccc2c1O)Nc1cc(F)cc(N2CCOCC2)c1. The van der Waals surface area contributed by atoms with Gasteiger partial charge in [-0.3, -0.25) is 4.79 Å². The van der Waals surface area contributed by atoms with Crippen LogP contribution >= 0.6 is 0 Å². The fourth-order valence-electron chi connectivity index (χ4n) is 3.62. The highest BCUT2D eigenvalue weighted by molar-refractivity contribution is 5.92. The summed E-state index contributed by atoms with van der Waals surface area (Å²) in [6.07, 6.45) is 0.587. The first-order valence-electron chi connectivity index (χ1n) is 9.73. The number of hydrogen-bond donors (Lipinski definition) is 2. The third-order valence-corrected chi connectivity index (χ3v) is 5.15. The molecule has 1 saturated heterocycles. The number of phenols is 1. The van der Waals surface area contributed by atoms with Gasteiger partial charge in [-0.05, 0) is 35.6 Å². The van der Waals surface area contributed by atoms with Crippen molar-refractivity contribution in [2.24, 2.45) is 0 Å². The number of halogens is 1. The Kier molecular flexibility index (Phi) is 5.62. The van der Waals surface area contributed by atoms with E-state index >= 15 is 0 Å². The number of rotatable bonds is 5. The van der Waals surface area contributed by atoms with Crippen LogP contribution in [0.4, 0.5) is 15.8 Å². The van der Waals surface area contributed by atoms with Crippen molar-refractivity contribution < 1.29 is 19.0 Å². The van der Waals surface area contributed by atoms with E-state index in [0.717, 1.165) is 16.5 Å². The molecule has 4 rings (SSSR count). The summed E-state index contributed by atoms with van der Waals surface area (Å²) in [5, 5.41) is 15.0. The Morgan fingerprint density at radius 2 is 1.90 bits per heavy atom. The molecular weight excluding hydrogens is 371 g/mol. The number of hydrogen-bond acceptors (Lipinski definition) is 4. The van der Waals surface area contributed by atoms with Crippen molar-refractivity contribution in [3.8, 4) is 5.75 Å². The smallest absolute Gasteiger partial charge is 0.224 e. The summed E-state index contributed by atoms with van der Waals surface area (Å²) in [6.45, 7) is 2.59. The first-order chi connectivity index (χ1) is 14.1.